The number of hydrogen-bond acceptors (Lipinski definition) is 11. The van der Waals surface area contributed by atoms with Crippen molar-refractivity contribution in [2.75, 3.05) is 19.8 Å². The summed E-state index contributed by atoms with van der Waals surface area (Å²) in [5.74, 6) is -3.78. The van der Waals surface area contributed by atoms with E-state index >= 15 is 0 Å². The molecule has 0 unspecified atom stereocenters. The minimum Gasteiger partial charge on any atom is -0.508 e. The molecule has 1 aromatic carbocycles. The number of aliphatic hydroxyl groups is 6. The first kappa shape index (κ1) is 37.6. The zero-order valence-electron chi connectivity index (χ0n) is 31.3. The summed E-state index contributed by atoms with van der Waals surface area (Å²) >= 11 is 0. The van der Waals surface area contributed by atoms with E-state index in [1.165, 1.54) is 18.2 Å². The lowest BCUT2D eigenvalue weighted by Gasteiger charge is -2.62. The summed E-state index contributed by atoms with van der Waals surface area (Å²) in [4.78, 5) is 14.7. The van der Waals surface area contributed by atoms with Crippen LogP contribution in [0.5, 0.6) is 11.5 Å². The Kier molecular flexibility index (Phi) is 8.74. The van der Waals surface area contributed by atoms with Crippen LogP contribution in [0, 0.1) is 45.8 Å². The SMILES string of the molecule is C[C@@H]1[C@H](O)[C@@]2(O[C@H]3C[C@@]4(O)C5=CC(=O)[C@@H]6[C@H](c7cc(O)cc(O)c7)[C@@H](O)[C@@H](OCCCO)C[C@]6(C)[C@H]5CC[C@]4(C)[C@H]3[C@]2(O)CCO)[C@@H]2C=C[C@@]1(C)CC2. The second-order valence-corrected chi connectivity index (χ2v) is 18.6. The Bertz CT molecular complexity index is 1690. The summed E-state index contributed by atoms with van der Waals surface area (Å²) in [6.07, 6.45) is 5.53. The van der Waals surface area contributed by atoms with E-state index in [1.807, 2.05) is 20.8 Å². The van der Waals surface area contributed by atoms with Crippen LogP contribution >= 0.6 is 0 Å². The zero-order valence-corrected chi connectivity index (χ0v) is 31.3. The monoisotopic (exact) mass is 738 g/mol. The number of fused-ring (bicyclic) bond motifs is 9. The summed E-state index contributed by atoms with van der Waals surface area (Å²) < 4.78 is 13.3. The Labute approximate surface area is 311 Å². The van der Waals surface area contributed by atoms with Gasteiger partial charge in [-0.1, -0.05) is 39.8 Å². The van der Waals surface area contributed by atoms with E-state index in [0.717, 1.165) is 12.8 Å². The van der Waals surface area contributed by atoms with Gasteiger partial charge < -0.3 is 50.3 Å². The highest BCUT2D eigenvalue weighted by molar-refractivity contribution is 5.96. The molecule has 1 saturated heterocycles. The van der Waals surface area contributed by atoms with Crippen molar-refractivity contribution >= 4 is 5.78 Å². The van der Waals surface area contributed by atoms with E-state index in [0.29, 0.717) is 36.8 Å². The van der Waals surface area contributed by atoms with Crippen molar-refractivity contribution in [3.8, 4) is 11.5 Å². The van der Waals surface area contributed by atoms with Gasteiger partial charge in [0.2, 0.25) is 0 Å². The van der Waals surface area contributed by atoms with Gasteiger partial charge >= 0.3 is 0 Å². The van der Waals surface area contributed by atoms with Crippen LogP contribution in [-0.2, 0) is 14.3 Å². The summed E-state index contributed by atoms with van der Waals surface area (Å²) in [5.41, 5.74) is -5.75. The van der Waals surface area contributed by atoms with Gasteiger partial charge in [-0.2, -0.15) is 0 Å². The Morgan fingerprint density at radius 1 is 0.962 bits per heavy atom. The molecule has 4 saturated carbocycles. The van der Waals surface area contributed by atoms with Crippen molar-refractivity contribution < 1.29 is 55.1 Å². The first-order valence-electron chi connectivity index (χ1n) is 19.8. The standard InChI is InChI=1S/C42H58O11/c1-22-36(49)42(24-6-9-37(22,2)10-7-24)40(50,12-14-44)35-31(53-42)21-41(51)28-19-29(47)33-32(23-16-25(45)18-26(46)17-23)34(48)30(52-15-5-13-43)20-38(33,3)27(28)8-11-39(35,41)4/h6,9,16-19,22,24,27,30-36,43-46,48-51H,5,7-8,10-15,20-21H2,1-4H3/t22-,24-,27+,30+,31+,32+,33-,34+,35+,36+,37+,38-,39-,40-,41-,42+/m1/s1. The Morgan fingerprint density at radius 3 is 2.32 bits per heavy atom. The second-order valence-electron chi connectivity index (χ2n) is 18.6. The van der Waals surface area contributed by atoms with Crippen molar-refractivity contribution in [3.05, 3.63) is 47.6 Å². The van der Waals surface area contributed by atoms with E-state index in [9.17, 15) is 45.6 Å². The van der Waals surface area contributed by atoms with Crippen LogP contribution in [0.4, 0.5) is 0 Å². The van der Waals surface area contributed by atoms with E-state index in [2.05, 4.69) is 19.1 Å². The quantitative estimate of drug-likeness (QED) is 0.151. The fraction of sp³-hybridized carbons (Fsp3) is 0.738. The number of hydrogen-bond donors (Lipinski definition) is 8. The van der Waals surface area contributed by atoms with Gasteiger partial charge in [0.1, 0.15) is 22.7 Å². The second kappa shape index (κ2) is 12.3. The predicted molar refractivity (Wildman–Crippen MR) is 193 cm³/mol. The van der Waals surface area contributed by atoms with E-state index < -0.39 is 69.8 Å². The van der Waals surface area contributed by atoms with E-state index in [-0.39, 0.29) is 73.1 Å². The molecule has 1 heterocycles. The van der Waals surface area contributed by atoms with Crippen LogP contribution in [-0.4, -0.2) is 108 Å². The molecule has 1 aliphatic heterocycles. The predicted octanol–water partition coefficient (Wildman–Crippen LogP) is 3.25. The summed E-state index contributed by atoms with van der Waals surface area (Å²) in [6.45, 7) is 7.90. The molecule has 16 atom stereocenters. The van der Waals surface area contributed by atoms with Gasteiger partial charge in [-0.25, -0.2) is 0 Å². The van der Waals surface area contributed by atoms with Crippen LogP contribution in [0.25, 0.3) is 0 Å². The average Bonchev–Trinajstić information content (AvgIpc) is 3.43. The zero-order chi connectivity index (χ0) is 38.1. The fourth-order valence-corrected chi connectivity index (χ4v) is 13.7. The molecule has 7 aliphatic carbocycles. The summed E-state index contributed by atoms with van der Waals surface area (Å²) in [5, 5.41) is 91.6. The number of ether oxygens (including phenoxy) is 2. The van der Waals surface area contributed by atoms with Crippen molar-refractivity contribution in [1.82, 2.24) is 0 Å². The first-order valence-corrected chi connectivity index (χ1v) is 19.8. The maximum Gasteiger partial charge on any atom is 0.160 e. The number of rotatable bonds is 7. The molecule has 1 spiro atoms. The molecule has 9 rings (SSSR count). The molecule has 0 aromatic heterocycles. The van der Waals surface area contributed by atoms with Crippen molar-refractivity contribution in [1.29, 1.82) is 0 Å². The number of aromatic hydroxyl groups is 2. The van der Waals surface area contributed by atoms with Gasteiger partial charge in [-0.05, 0) is 90.5 Å². The maximum atomic E-state index is 14.7. The lowest BCUT2D eigenvalue weighted by atomic mass is 9.43. The number of ketones is 1. The number of carbonyl (C=O) groups excluding carboxylic acids is 1. The Balaban J connectivity index is 1.22. The van der Waals surface area contributed by atoms with E-state index in [1.54, 1.807) is 6.08 Å². The third-order valence-electron chi connectivity index (χ3n) is 16.3. The lowest BCUT2D eigenvalue weighted by molar-refractivity contribution is -0.244. The third-order valence-corrected chi connectivity index (χ3v) is 16.3. The van der Waals surface area contributed by atoms with Gasteiger partial charge in [0.25, 0.3) is 0 Å². The number of aliphatic hydroxyl groups excluding tert-OH is 4. The average molecular weight is 739 g/mol. The Hall–Kier alpha value is -2.35. The third kappa shape index (κ3) is 4.78. The summed E-state index contributed by atoms with van der Waals surface area (Å²) in [7, 11) is 0. The minimum atomic E-state index is -1.69. The van der Waals surface area contributed by atoms with Crippen molar-refractivity contribution in [3.63, 3.8) is 0 Å². The first-order chi connectivity index (χ1) is 25.0. The van der Waals surface area contributed by atoms with Crippen LogP contribution in [0.1, 0.15) is 90.5 Å². The topological polar surface area (TPSA) is 197 Å². The Morgan fingerprint density at radius 2 is 1.68 bits per heavy atom. The number of phenols is 2. The maximum absolute atomic E-state index is 14.7. The van der Waals surface area contributed by atoms with Gasteiger partial charge in [0, 0.05) is 67.8 Å². The number of allylic oxidation sites excluding steroid dienone is 2. The highest BCUT2D eigenvalue weighted by atomic mass is 16.6. The molecule has 53 heavy (non-hydrogen) atoms. The number of phenolic OH excluding ortho intramolecular Hbond substituents is 2. The van der Waals surface area contributed by atoms with Crippen LogP contribution in [0.2, 0.25) is 0 Å². The summed E-state index contributed by atoms with van der Waals surface area (Å²) in [6, 6.07) is 4.11. The highest BCUT2D eigenvalue weighted by Crippen LogP contribution is 2.75. The lowest BCUT2D eigenvalue weighted by Crippen LogP contribution is -2.69. The van der Waals surface area contributed by atoms with Gasteiger partial charge in [0.15, 0.2) is 5.78 Å². The molecule has 0 radical (unpaired) electrons. The van der Waals surface area contributed by atoms with Crippen LogP contribution < -0.4 is 0 Å². The molecule has 8 N–H and O–H groups in total. The molecular formula is C42H58O11. The smallest absolute Gasteiger partial charge is 0.160 e. The number of benzene rings is 1. The minimum absolute atomic E-state index is 0.0327. The van der Waals surface area contributed by atoms with Crippen molar-refractivity contribution in [2.45, 2.75) is 126 Å². The molecule has 11 nitrogen and oxygen atoms in total. The fourth-order valence-electron chi connectivity index (χ4n) is 13.7. The molecule has 2 bridgehead atoms. The molecule has 8 aliphatic rings. The molecule has 1 aromatic rings. The molecular weight excluding hydrogens is 680 g/mol. The molecule has 292 valence electrons. The normalized spacial score (nSPS) is 51.1. The van der Waals surface area contributed by atoms with Gasteiger partial charge in [-0.3, -0.25) is 4.79 Å². The van der Waals surface area contributed by atoms with Gasteiger partial charge in [0.05, 0.1) is 30.0 Å². The highest BCUT2D eigenvalue weighted by Gasteiger charge is 2.81. The number of carbonyl (C=O) groups is 1. The molecule has 11 heteroatoms. The molecule has 0 amide bonds. The van der Waals surface area contributed by atoms with Crippen LogP contribution in [0.3, 0.4) is 0 Å². The molecule has 5 fully saturated rings. The van der Waals surface area contributed by atoms with E-state index in [4.69, 9.17) is 9.47 Å². The largest absolute Gasteiger partial charge is 0.508 e. The van der Waals surface area contributed by atoms with Crippen molar-refractivity contribution in [2.24, 2.45) is 45.8 Å². The van der Waals surface area contributed by atoms with Crippen LogP contribution in [0.15, 0.2) is 42.0 Å². The van der Waals surface area contributed by atoms with Gasteiger partial charge in [-0.15, -0.1) is 0 Å².